The molecule has 1 heterocycles. The molecule has 0 aliphatic rings. The minimum Gasteiger partial charge on any atom is -0.493 e. The summed E-state index contributed by atoms with van der Waals surface area (Å²) in [7, 11) is 0. The van der Waals surface area contributed by atoms with E-state index in [1.165, 1.54) is 18.2 Å². The molecule has 0 atom stereocenters. The number of urea groups is 1. The number of rotatable bonds is 5. The van der Waals surface area contributed by atoms with Crippen molar-refractivity contribution in [3.05, 3.63) is 83.9 Å². The summed E-state index contributed by atoms with van der Waals surface area (Å²) in [6, 6.07) is 18.9. The zero-order valence-corrected chi connectivity index (χ0v) is 18.5. The third-order valence-electron chi connectivity index (χ3n) is 5.16. The van der Waals surface area contributed by atoms with Gasteiger partial charge in [0.2, 0.25) is 0 Å². The van der Waals surface area contributed by atoms with Gasteiger partial charge in [-0.3, -0.25) is 0 Å². The quantitative estimate of drug-likeness (QED) is 0.326. The molecule has 0 aliphatic heterocycles. The molecule has 0 radical (unpaired) electrons. The van der Waals surface area contributed by atoms with Crippen LogP contribution in [0.2, 0.25) is 0 Å². The summed E-state index contributed by atoms with van der Waals surface area (Å²) >= 11 is 0. The summed E-state index contributed by atoms with van der Waals surface area (Å²) in [6.07, 6.45) is -4.58. The van der Waals surface area contributed by atoms with Gasteiger partial charge < -0.3 is 15.4 Å². The van der Waals surface area contributed by atoms with Crippen LogP contribution in [0.15, 0.2) is 72.8 Å². The lowest BCUT2D eigenvalue weighted by Crippen LogP contribution is -2.21. The molecule has 0 bridgehead atoms. The van der Waals surface area contributed by atoms with Crippen LogP contribution in [-0.4, -0.2) is 17.6 Å². The van der Waals surface area contributed by atoms with E-state index in [2.05, 4.69) is 10.6 Å². The Morgan fingerprint density at radius 1 is 0.971 bits per heavy atom. The number of fused-ring (bicyclic) bond motifs is 1. The minimum absolute atomic E-state index is 0.326. The van der Waals surface area contributed by atoms with Crippen molar-refractivity contribution in [2.75, 3.05) is 17.2 Å². The zero-order valence-electron chi connectivity index (χ0n) is 18.5. The molecule has 4 rings (SSSR count). The summed E-state index contributed by atoms with van der Waals surface area (Å²) in [5, 5.41) is 5.53. The highest BCUT2D eigenvalue weighted by atomic mass is 19.4. The average molecular weight is 465 g/mol. The van der Waals surface area contributed by atoms with Crippen LogP contribution in [0.4, 0.5) is 29.3 Å². The van der Waals surface area contributed by atoms with Crippen LogP contribution in [0, 0.1) is 6.92 Å². The Hall–Kier alpha value is -4.07. The molecule has 0 spiro atoms. The van der Waals surface area contributed by atoms with Gasteiger partial charge in [-0.2, -0.15) is 13.2 Å². The number of anilines is 2. The van der Waals surface area contributed by atoms with E-state index in [0.29, 0.717) is 28.9 Å². The molecule has 0 unspecified atom stereocenters. The van der Waals surface area contributed by atoms with Gasteiger partial charge in [-0.25, -0.2) is 9.78 Å². The number of benzene rings is 3. The normalized spacial score (nSPS) is 11.3. The van der Waals surface area contributed by atoms with E-state index in [4.69, 9.17) is 9.72 Å². The summed E-state index contributed by atoms with van der Waals surface area (Å²) in [4.78, 5) is 17.1. The van der Waals surface area contributed by atoms with Gasteiger partial charge in [0.15, 0.2) is 0 Å². The molecule has 2 amide bonds. The highest BCUT2D eigenvalue weighted by Crippen LogP contribution is 2.35. The second-order valence-electron chi connectivity index (χ2n) is 7.66. The summed E-state index contributed by atoms with van der Waals surface area (Å²) in [6.45, 7) is 4.31. The van der Waals surface area contributed by atoms with Crippen LogP contribution in [0.25, 0.3) is 22.2 Å². The standard InChI is InChI=1S/C26H22F3N3O2/c1-3-34-24-15-23(17-10-8-16(2)9-11-17)31-21-13-12-18(14-19(21)24)30-25(33)32-22-7-5-4-6-20(22)26(27,28)29/h4-15H,3H2,1-2H3,(H2,30,32,33). The number of nitrogens with one attached hydrogen (secondary N) is 2. The fourth-order valence-corrected chi connectivity index (χ4v) is 3.54. The maximum atomic E-state index is 13.2. The van der Waals surface area contributed by atoms with Gasteiger partial charge in [-0.05, 0) is 44.2 Å². The lowest BCUT2D eigenvalue weighted by Gasteiger charge is -2.15. The van der Waals surface area contributed by atoms with Crippen molar-refractivity contribution >= 4 is 28.3 Å². The Bertz CT molecular complexity index is 1340. The van der Waals surface area contributed by atoms with Gasteiger partial charge in [0.05, 0.1) is 29.1 Å². The van der Waals surface area contributed by atoms with Crippen LogP contribution >= 0.6 is 0 Å². The number of ether oxygens (including phenoxy) is 1. The number of para-hydroxylation sites is 1. The molecule has 0 fully saturated rings. The molecule has 0 saturated heterocycles. The largest absolute Gasteiger partial charge is 0.493 e. The lowest BCUT2D eigenvalue weighted by atomic mass is 10.1. The number of aryl methyl sites for hydroxylation is 1. The van der Waals surface area contributed by atoms with Gasteiger partial charge in [0.1, 0.15) is 5.75 Å². The van der Waals surface area contributed by atoms with Gasteiger partial charge >= 0.3 is 12.2 Å². The topological polar surface area (TPSA) is 63.2 Å². The maximum Gasteiger partial charge on any atom is 0.418 e. The van der Waals surface area contributed by atoms with Crippen LogP contribution in [0.3, 0.4) is 0 Å². The van der Waals surface area contributed by atoms with Crippen LogP contribution in [0.1, 0.15) is 18.1 Å². The molecule has 8 heteroatoms. The van der Waals surface area contributed by atoms with Gasteiger partial charge in [0.25, 0.3) is 0 Å². The Morgan fingerprint density at radius 2 is 1.71 bits per heavy atom. The second kappa shape index (κ2) is 9.43. The SMILES string of the molecule is CCOc1cc(-c2ccc(C)cc2)nc2ccc(NC(=O)Nc3ccccc3C(F)(F)F)cc12. The van der Waals surface area contributed by atoms with Crippen molar-refractivity contribution in [2.24, 2.45) is 0 Å². The molecule has 3 aromatic carbocycles. The number of hydrogen-bond acceptors (Lipinski definition) is 3. The number of pyridine rings is 1. The number of amides is 2. The first-order valence-electron chi connectivity index (χ1n) is 10.6. The van der Waals surface area contributed by atoms with E-state index >= 15 is 0 Å². The highest BCUT2D eigenvalue weighted by molar-refractivity contribution is 6.02. The Morgan fingerprint density at radius 3 is 2.41 bits per heavy atom. The van der Waals surface area contributed by atoms with Crippen molar-refractivity contribution in [2.45, 2.75) is 20.0 Å². The molecule has 0 aliphatic carbocycles. The van der Waals surface area contributed by atoms with E-state index < -0.39 is 17.8 Å². The monoisotopic (exact) mass is 465 g/mol. The molecular weight excluding hydrogens is 443 g/mol. The van der Waals surface area contributed by atoms with Crippen LogP contribution in [0.5, 0.6) is 5.75 Å². The van der Waals surface area contributed by atoms with Crippen molar-refractivity contribution in [3.8, 4) is 17.0 Å². The van der Waals surface area contributed by atoms with Crippen LogP contribution in [-0.2, 0) is 6.18 Å². The summed E-state index contributed by atoms with van der Waals surface area (Å²) < 4.78 is 45.4. The molecule has 4 aromatic rings. The Balaban J connectivity index is 1.62. The molecule has 2 N–H and O–H groups in total. The Labute approximate surface area is 194 Å². The molecule has 1 aromatic heterocycles. The van der Waals surface area contributed by atoms with Crippen molar-refractivity contribution in [1.82, 2.24) is 4.98 Å². The fourth-order valence-electron chi connectivity index (χ4n) is 3.54. The number of carbonyl (C=O) groups is 1. The van der Waals surface area contributed by atoms with E-state index in [0.717, 1.165) is 22.9 Å². The third-order valence-corrected chi connectivity index (χ3v) is 5.16. The highest BCUT2D eigenvalue weighted by Gasteiger charge is 2.33. The predicted molar refractivity (Wildman–Crippen MR) is 127 cm³/mol. The second-order valence-corrected chi connectivity index (χ2v) is 7.66. The van der Waals surface area contributed by atoms with E-state index in [1.807, 2.05) is 44.2 Å². The van der Waals surface area contributed by atoms with Crippen molar-refractivity contribution in [3.63, 3.8) is 0 Å². The number of nitrogens with zero attached hydrogens (tertiary/aromatic N) is 1. The Kier molecular flexibility index (Phi) is 6.40. The smallest absolute Gasteiger partial charge is 0.418 e. The van der Waals surface area contributed by atoms with Gasteiger partial charge in [-0.15, -0.1) is 0 Å². The van der Waals surface area contributed by atoms with Gasteiger partial charge in [0, 0.05) is 22.7 Å². The maximum absolute atomic E-state index is 13.2. The lowest BCUT2D eigenvalue weighted by molar-refractivity contribution is -0.136. The molecule has 5 nitrogen and oxygen atoms in total. The molecule has 174 valence electrons. The summed E-state index contributed by atoms with van der Waals surface area (Å²) in [5.41, 5.74) is 2.64. The molecule has 34 heavy (non-hydrogen) atoms. The molecular formula is C26H22F3N3O2. The first-order valence-corrected chi connectivity index (χ1v) is 10.6. The van der Waals surface area contributed by atoms with Crippen molar-refractivity contribution in [1.29, 1.82) is 0 Å². The van der Waals surface area contributed by atoms with E-state index in [1.54, 1.807) is 18.2 Å². The van der Waals surface area contributed by atoms with E-state index in [9.17, 15) is 18.0 Å². The minimum atomic E-state index is -4.58. The average Bonchev–Trinajstić information content (AvgIpc) is 2.79. The third kappa shape index (κ3) is 5.11. The number of alkyl halides is 3. The number of hydrogen-bond donors (Lipinski definition) is 2. The first kappa shape index (κ1) is 23.1. The summed E-state index contributed by atoms with van der Waals surface area (Å²) in [5.74, 6) is 0.592. The number of carbonyl (C=O) groups excluding carboxylic acids is 1. The van der Waals surface area contributed by atoms with Crippen molar-refractivity contribution < 1.29 is 22.7 Å². The fraction of sp³-hybridized carbons (Fsp3) is 0.154. The van der Waals surface area contributed by atoms with E-state index in [-0.39, 0.29) is 5.69 Å². The van der Waals surface area contributed by atoms with Crippen LogP contribution < -0.4 is 15.4 Å². The number of aromatic nitrogens is 1. The first-order chi connectivity index (χ1) is 16.2. The number of halogens is 3. The van der Waals surface area contributed by atoms with Gasteiger partial charge in [-0.1, -0.05) is 42.0 Å². The predicted octanol–water partition coefficient (Wildman–Crippen LogP) is 7.27. The zero-order chi connectivity index (χ0) is 24.3. The molecule has 0 saturated carbocycles.